The first-order valence-electron chi connectivity index (χ1n) is 13.4. The first-order valence-corrected chi connectivity index (χ1v) is 13.4. The molecule has 0 spiro atoms. The summed E-state index contributed by atoms with van der Waals surface area (Å²) in [6.45, 7) is 7.93. The number of ether oxygens (including phenoxy) is 1. The molecule has 40 heavy (non-hydrogen) atoms. The van der Waals surface area contributed by atoms with Crippen molar-refractivity contribution >= 4 is 34.9 Å². The van der Waals surface area contributed by atoms with Gasteiger partial charge in [0.15, 0.2) is 5.82 Å². The molecule has 2 atom stereocenters. The molecule has 1 fully saturated rings. The van der Waals surface area contributed by atoms with Crippen molar-refractivity contribution in [2.75, 3.05) is 35.2 Å². The van der Waals surface area contributed by atoms with E-state index in [0.717, 1.165) is 30.0 Å². The minimum absolute atomic E-state index is 0.102. The molecule has 1 aromatic carbocycles. The fourth-order valence-corrected chi connectivity index (χ4v) is 4.29. The van der Waals surface area contributed by atoms with Gasteiger partial charge in [0.1, 0.15) is 23.4 Å². The van der Waals surface area contributed by atoms with Crippen molar-refractivity contribution in [2.45, 2.75) is 39.3 Å². The van der Waals surface area contributed by atoms with E-state index in [0.29, 0.717) is 42.2 Å². The van der Waals surface area contributed by atoms with Crippen molar-refractivity contribution in [2.24, 2.45) is 0 Å². The highest BCUT2D eigenvalue weighted by molar-refractivity contribution is 5.81. The van der Waals surface area contributed by atoms with Gasteiger partial charge in [0.25, 0.3) is 0 Å². The molecule has 0 saturated carbocycles. The van der Waals surface area contributed by atoms with Crippen LogP contribution in [0, 0.1) is 6.92 Å². The van der Waals surface area contributed by atoms with Crippen molar-refractivity contribution in [1.82, 2.24) is 30.2 Å². The van der Waals surface area contributed by atoms with Crippen molar-refractivity contribution in [1.29, 1.82) is 0 Å². The number of anilines is 5. The second-order valence-corrected chi connectivity index (χ2v) is 9.56. The minimum Gasteiger partial charge on any atom is -0.461 e. The summed E-state index contributed by atoms with van der Waals surface area (Å²) in [6.07, 6.45) is 4.04. The normalized spacial score (nSPS) is 15.8. The van der Waals surface area contributed by atoms with Gasteiger partial charge >= 0.3 is 5.97 Å². The van der Waals surface area contributed by atoms with Gasteiger partial charge in [-0.15, -0.1) is 0 Å². The van der Waals surface area contributed by atoms with Crippen LogP contribution in [-0.4, -0.2) is 62.7 Å². The van der Waals surface area contributed by atoms with Gasteiger partial charge in [-0.2, -0.15) is 4.98 Å². The number of hydrogen-bond acceptors (Lipinski definition) is 11. The molecule has 0 amide bonds. The lowest BCUT2D eigenvalue weighted by Gasteiger charge is -2.36. The minimum atomic E-state index is -0.364. The quantitative estimate of drug-likeness (QED) is 0.264. The summed E-state index contributed by atoms with van der Waals surface area (Å²) in [6, 6.07) is 16.8. The number of piperazine rings is 1. The number of aryl methyl sites for hydroxylation is 1. The molecule has 1 aliphatic heterocycles. The van der Waals surface area contributed by atoms with Crippen LogP contribution in [0.5, 0.6) is 0 Å². The van der Waals surface area contributed by atoms with E-state index in [2.05, 4.69) is 45.8 Å². The number of hydrogen-bond donors (Lipinski definition) is 3. The summed E-state index contributed by atoms with van der Waals surface area (Å²) < 4.78 is 5.61. The molecule has 1 aliphatic rings. The Kier molecular flexibility index (Phi) is 8.41. The van der Waals surface area contributed by atoms with Crippen LogP contribution >= 0.6 is 0 Å². The number of esters is 1. The van der Waals surface area contributed by atoms with Gasteiger partial charge < -0.3 is 25.6 Å². The molecule has 4 heterocycles. The third kappa shape index (κ3) is 6.67. The molecule has 2 unspecified atom stereocenters. The summed E-state index contributed by atoms with van der Waals surface area (Å²) in [5.74, 6) is 1.94. The first kappa shape index (κ1) is 26.9. The van der Waals surface area contributed by atoms with Gasteiger partial charge in [0, 0.05) is 49.1 Å². The van der Waals surface area contributed by atoms with Gasteiger partial charge in [-0.3, -0.25) is 0 Å². The topological polar surface area (TPSA) is 130 Å². The smallest absolute Gasteiger partial charge is 0.330 e. The molecular weight excluding hydrogens is 506 g/mol. The predicted molar refractivity (Wildman–Crippen MR) is 155 cm³/mol. The number of carbonyl (C=O) groups excluding carboxylic acids is 1. The highest BCUT2D eigenvalue weighted by Gasteiger charge is 2.31. The molecule has 4 aromatic rings. The van der Waals surface area contributed by atoms with Gasteiger partial charge in [-0.1, -0.05) is 13.0 Å². The number of nitrogens with one attached hydrogen (secondary N) is 3. The Morgan fingerprint density at radius 2 is 1.80 bits per heavy atom. The SMILES string of the molecule is CCC(C)OC(=O)C1CNCCN1c1ccc(Nc2nccc(Nc3ccnc(-c4cccc(C)n4)n3)n2)cc1. The molecule has 1 saturated heterocycles. The van der Waals surface area contributed by atoms with E-state index < -0.39 is 0 Å². The number of aromatic nitrogens is 5. The maximum absolute atomic E-state index is 12.8. The summed E-state index contributed by atoms with van der Waals surface area (Å²) in [7, 11) is 0. The maximum atomic E-state index is 12.8. The van der Waals surface area contributed by atoms with E-state index in [1.54, 1.807) is 24.5 Å². The zero-order valence-electron chi connectivity index (χ0n) is 22.8. The Labute approximate surface area is 233 Å². The molecule has 0 radical (unpaired) electrons. The van der Waals surface area contributed by atoms with Gasteiger partial charge in [0.05, 0.1) is 6.10 Å². The fraction of sp³-hybridized carbons (Fsp3) is 0.310. The zero-order chi connectivity index (χ0) is 27.9. The Bertz CT molecular complexity index is 1450. The average Bonchev–Trinajstić information content (AvgIpc) is 2.98. The van der Waals surface area contributed by atoms with Crippen molar-refractivity contribution in [3.05, 3.63) is 72.7 Å². The van der Waals surface area contributed by atoms with E-state index in [1.807, 2.05) is 63.2 Å². The molecule has 3 N–H and O–H groups in total. The molecule has 206 valence electrons. The van der Waals surface area contributed by atoms with E-state index in [-0.39, 0.29) is 18.1 Å². The largest absolute Gasteiger partial charge is 0.461 e. The van der Waals surface area contributed by atoms with Crippen LogP contribution < -0.4 is 20.9 Å². The third-order valence-electron chi connectivity index (χ3n) is 6.55. The molecule has 3 aromatic heterocycles. The van der Waals surface area contributed by atoms with Crippen molar-refractivity contribution in [3.8, 4) is 11.5 Å². The van der Waals surface area contributed by atoms with Gasteiger partial charge in [-0.05, 0) is 68.8 Å². The number of rotatable bonds is 9. The molecule has 11 heteroatoms. The van der Waals surface area contributed by atoms with Gasteiger partial charge in [-0.25, -0.2) is 24.7 Å². The van der Waals surface area contributed by atoms with Crippen LogP contribution in [0.4, 0.5) is 29.0 Å². The van der Waals surface area contributed by atoms with Crippen LogP contribution in [0.1, 0.15) is 26.0 Å². The molecule has 0 aliphatic carbocycles. The molecule has 0 bridgehead atoms. The lowest BCUT2D eigenvalue weighted by molar-refractivity contribution is -0.150. The second kappa shape index (κ2) is 12.5. The number of benzene rings is 1. The second-order valence-electron chi connectivity index (χ2n) is 9.56. The summed E-state index contributed by atoms with van der Waals surface area (Å²) in [5.41, 5.74) is 3.38. The van der Waals surface area contributed by atoms with Crippen LogP contribution in [0.3, 0.4) is 0 Å². The number of carbonyl (C=O) groups is 1. The zero-order valence-corrected chi connectivity index (χ0v) is 22.8. The Morgan fingerprint density at radius 1 is 1.02 bits per heavy atom. The maximum Gasteiger partial charge on any atom is 0.330 e. The lowest BCUT2D eigenvalue weighted by atomic mass is 10.1. The van der Waals surface area contributed by atoms with Gasteiger partial charge in [0.2, 0.25) is 5.95 Å². The highest BCUT2D eigenvalue weighted by atomic mass is 16.5. The lowest BCUT2D eigenvalue weighted by Crippen LogP contribution is -2.56. The van der Waals surface area contributed by atoms with E-state index in [1.165, 1.54) is 0 Å². The van der Waals surface area contributed by atoms with E-state index >= 15 is 0 Å². The Hall–Kier alpha value is -4.64. The predicted octanol–water partition coefficient (Wildman–Crippen LogP) is 4.24. The van der Waals surface area contributed by atoms with Crippen molar-refractivity contribution in [3.63, 3.8) is 0 Å². The highest BCUT2D eigenvalue weighted by Crippen LogP contribution is 2.24. The van der Waals surface area contributed by atoms with Crippen molar-refractivity contribution < 1.29 is 9.53 Å². The summed E-state index contributed by atoms with van der Waals surface area (Å²) in [5, 5.41) is 9.76. The standard InChI is InChI=1S/C29H33N9O2/c1-4-20(3)40-28(39)24-18-30-16-17-38(24)22-10-8-21(9-11-22)34-29-32-15-13-26(37-29)35-25-12-14-31-27(36-25)23-7-5-6-19(2)33-23/h5-15,20,24,30H,4,16-18H2,1-3H3,(H2,31,32,34,35,36,37). The van der Waals surface area contributed by atoms with E-state index in [9.17, 15) is 4.79 Å². The Balaban J connectivity index is 1.25. The monoisotopic (exact) mass is 539 g/mol. The molecule has 11 nitrogen and oxygen atoms in total. The molecular formula is C29H33N9O2. The van der Waals surface area contributed by atoms with Crippen LogP contribution in [0.2, 0.25) is 0 Å². The summed E-state index contributed by atoms with van der Waals surface area (Å²) >= 11 is 0. The Morgan fingerprint density at radius 3 is 2.58 bits per heavy atom. The average molecular weight is 540 g/mol. The summed E-state index contributed by atoms with van der Waals surface area (Å²) in [4.78, 5) is 37.2. The van der Waals surface area contributed by atoms with E-state index in [4.69, 9.17) is 4.74 Å². The van der Waals surface area contributed by atoms with Crippen LogP contribution in [-0.2, 0) is 9.53 Å². The van der Waals surface area contributed by atoms with Crippen LogP contribution in [0.15, 0.2) is 67.0 Å². The fourth-order valence-electron chi connectivity index (χ4n) is 4.29. The number of nitrogens with zero attached hydrogens (tertiary/aromatic N) is 6. The first-order chi connectivity index (χ1) is 19.5. The third-order valence-corrected chi connectivity index (χ3v) is 6.55. The number of pyridine rings is 1. The molecule has 5 rings (SSSR count). The van der Waals surface area contributed by atoms with Crippen LogP contribution in [0.25, 0.3) is 11.5 Å².